The highest BCUT2D eigenvalue weighted by Gasteiger charge is 2.22. The Morgan fingerprint density at radius 3 is 2.72 bits per heavy atom. The monoisotopic (exact) mass is 638 g/mol. The number of rotatable bonds is 6. The largest absolute Gasteiger partial charge is 0.871 e. The molecule has 29 heavy (non-hydrogen) atoms. The van der Waals surface area contributed by atoms with Crippen LogP contribution in [0.5, 0.6) is 5.75 Å². The highest BCUT2D eigenvalue weighted by atomic mass is 127. The van der Waals surface area contributed by atoms with Gasteiger partial charge in [0.15, 0.2) is 6.54 Å². The Bertz CT molecular complexity index is 902. The molecule has 154 valence electrons. The van der Waals surface area contributed by atoms with E-state index in [1.54, 1.807) is 6.07 Å². The molecule has 0 aliphatic carbocycles. The number of nitrogens with one attached hydrogen (secondary N) is 2. The highest BCUT2D eigenvalue weighted by molar-refractivity contribution is 14.1. The Balaban J connectivity index is 1.44. The minimum absolute atomic E-state index is 0.0794. The molecule has 1 aliphatic rings. The van der Waals surface area contributed by atoms with Crippen molar-refractivity contribution in [1.29, 1.82) is 0 Å². The first kappa shape index (κ1) is 22.7. The molecule has 0 bridgehead atoms. The number of amides is 1. The van der Waals surface area contributed by atoms with Crippen molar-refractivity contribution in [3.63, 3.8) is 0 Å². The number of nitrogens with zero attached hydrogens (tertiary/aromatic N) is 2. The van der Waals surface area contributed by atoms with Crippen LogP contribution in [0.1, 0.15) is 11.1 Å². The van der Waals surface area contributed by atoms with Gasteiger partial charge >= 0.3 is 0 Å². The van der Waals surface area contributed by atoms with Crippen molar-refractivity contribution in [1.82, 2.24) is 10.3 Å². The van der Waals surface area contributed by atoms with Crippen LogP contribution in [0, 0.1) is 7.14 Å². The quantitative estimate of drug-likeness (QED) is 0.286. The summed E-state index contributed by atoms with van der Waals surface area (Å²) in [4.78, 5) is 15.8. The molecule has 0 radical (unpaired) electrons. The molecule has 2 aromatic rings. The molecule has 0 atom stereocenters. The van der Waals surface area contributed by atoms with E-state index in [-0.39, 0.29) is 11.7 Å². The van der Waals surface area contributed by atoms with E-state index in [0.29, 0.717) is 15.7 Å². The van der Waals surface area contributed by atoms with Gasteiger partial charge in [-0.2, -0.15) is 5.10 Å². The number of quaternary nitrogens is 1. The third-order valence-electron chi connectivity index (χ3n) is 4.76. The van der Waals surface area contributed by atoms with E-state index in [4.69, 9.17) is 11.6 Å². The molecule has 1 amide bonds. The van der Waals surface area contributed by atoms with E-state index >= 15 is 0 Å². The number of piperazine rings is 1. The lowest BCUT2D eigenvalue weighted by molar-refractivity contribution is -0.896. The molecular formula is C20H21ClI2N4O2. The Morgan fingerprint density at radius 2 is 2.00 bits per heavy atom. The third-order valence-corrected chi connectivity index (χ3v) is 6.55. The van der Waals surface area contributed by atoms with Crippen LogP contribution in [0.4, 0.5) is 0 Å². The Hall–Kier alpha value is -0.950. The lowest BCUT2D eigenvalue weighted by atomic mass is 10.2. The Morgan fingerprint density at radius 1 is 1.28 bits per heavy atom. The van der Waals surface area contributed by atoms with Crippen LogP contribution in [0.3, 0.4) is 0 Å². The van der Waals surface area contributed by atoms with Gasteiger partial charge in [0.25, 0.3) is 5.91 Å². The van der Waals surface area contributed by atoms with Gasteiger partial charge in [-0.15, -0.1) is 0 Å². The maximum Gasteiger partial charge on any atom is 0.295 e. The molecule has 2 N–H and O–H groups in total. The van der Waals surface area contributed by atoms with Crippen molar-refractivity contribution in [3.05, 3.63) is 59.7 Å². The SMILES string of the molecule is O=C(C[NH+]1CCN(Cc2ccccc2Cl)CC1)NN=Cc1cc(I)cc(I)c1[O-]. The third kappa shape index (κ3) is 6.78. The topological polar surface area (TPSA) is 72.2 Å². The molecular weight excluding hydrogens is 618 g/mol. The maximum absolute atomic E-state index is 12.2. The van der Waals surface area contributed by atoms with Crippen LogP contribution < -0.4 is 15.4 Å². The second kappa shape index (κ2) is 10.9. The number of carbonyl (C=O) groups excluding carboxylic acids is 1. The van der Waals surface area contributed by atoms with Crippen LogP contribution in [0.25, 0.3) is 0 Å². The van der Waals surface area contributed by atoms with E-state index < -0.39 is 0 Å². The van der Waals surface area contributed by atoms with Crippen molar-refractivity contribution in [2.45, 2.75) is 6.54 Å². The maximum atomic E-state index is 12.2. The molecule has 2 aromatic carbocycles. The zero-order valence-corrected chi connectivity index (χ0v) is 20.7. The fourth-order valence-electron chi connectivity index (χ4n) is 3.19. The van der Waals surface area contributed by atoms with Gasteiger partial charge in [0.05, 0.1) is 19.3 Å². The summed E-state index contributed by atoms with van der Waals surface area (Å²) in [6, 6.07) is 11.5. The number of halogens is 3. The predicted molar refractivity (Wildman–Crippen MR) is 129 cm³/mol. The molecule has 0 unspecified atom stereocenters. The van der Waals surface area contributed by atoms with Crippen LogP contribution in [-0.2, 0) is 11.3 Å². The van der Waals surface area contributed by atoms with Gasteiger partial charge in [-0.3, -0.25) is 9.69 Å². The first-order valence-corrected chi connectivity index (χ1v) is 11.7. The summed E-state index contributed by atoms with van der Waals surface area (Å²) < 4.78 is 1.60. The average Bonchev–Trinajstić information content (AvgIpc) is 2.69. The summed E-state index contributed by atoms with van der Waals surface area (Å²) in [5, 5.41) is 16.8. The van der Waals surface area contributed by atoms with Gasteiger partial charge in [0.2, 0.25) is 0 Å². The summed E-state index contributed by atoms with van der Waals surface area (Å²) in [6.07, 6.45) is 1.42. The van der Waals surface area contributed by atoms with Crippen molar-refractivity contribution >= 4 is 68.9 Å². The molecule has 1 aliphatic heterocycles. The summed E-state index contributed by atoms with van der Waals surface area (Å²) >= 11 is 10.4. The highest BCUT2D eigenvalue weighted by Crippen LogP contribution is 2.23. The zero-order chi connectivity index (χ0) is 20.8. The fourth-order valence-corrected chi connectivity index (χ4v) is 5.27. The first-order chi connectivity index (χ1) is 13.9. The molecule has 9 heteroatoms. The number of carbonyl (C=O) groups is 1. The molecule has 1 fully saturated rings. The zero-order valence-electron chi connectivity index (χ0n) is 15.6. The van der Waals surface area contributed by atoms with E-state index in [1.165, 1.54) is 11.1 Å². The van der Waals surface area contributed by atoms with Gasteiger partial charge in [-0.1, -0.05) is 35.5 Å². The summed E-state index contributed by atoms with van der Waals surface area (Å²) in [7, 11) is 0. The van der Waals surface area contributed by atoms with E-state index in [9.17, 15) is 9.90 Å². The molecule has 1 heterocycles. The Labute approximate surface area is 202 Å². The van der Waals surface area contributed by atoms with Gasteiger partial charge < -0.3 is 10.0 Å². The molecule has 0 aromatic heterocycles. The van der Waals surface area contributed by atoms with Gasteiger partial charge in [0.1, 0.15) is 0 Å². The number of hydrazone groups is 1. The van der Waals surface area contributed by atoms with Crippen molar-refractivity contribution in [3.8, 4) is 5.75 Å². The van der Waals surface area contributed by atoms with E-state index in [1.807, 2.05) is 46.9 Å². The number of benzene rings is 2. The van der Waals surface area contributed by atoms with Crippen molar-refractivity contribution in [2.24, 2.45) is 5.10 Å². The minimum atomic E-state index is -0.149. The van der Waals surface area contributed by atoms with Gasteiger partial charge in [-0.25, -0.2) is 5.43 Å². The van der Waals surface area contributed by atoms with Crippen LogP contribution >= 0.6 is 56.8 Å². The minimum Gasteiger partial charge on any atom is -0.871 e. The number of hydrogen-bond acceptors (Lipinski definition) is 4. The molecule has 1 saturated heterocycles. The van der Waals surface area contributed by atoms with Gasteiger partial charge in [-0.05, 0) is 74.5 Å². The Kier molecular flexibility index (Phi) is 8.54. The fraction of sp³-hybridized carbons (Fsp3) is 0.300. The smallest absolute Gasteiger partial charge is 0.295 e. The summed E-state index contributed by atoms with van der Waals surface area (Å²) in [6.45, 7) is 4.80. The first-order valence-electron chi connectivity index (χ1n) is 9.19. The van der Waals surface area contributed by atoms with Crippen molar-refractivity contribution in [2.75, 3.05) is 32.7 Å². The second-order valence-corrected chi connectivity index (χ2v) is 9.71. The molecule has 0 saturated carbocycles. The molecule has 3 rings (SSSR count). The predicted octanol–water partition coefficient (Wildman–Crippen LogP) is 1.47. The number of hydrogen-bond donors (Lipinski definition) is 2. The van der Waals surface area contributed by atoms with Crippen LogP contribution in [0.15, 0.2) is 41.5 Å². The normalized spacial score (nSPS) is 15.7. The van der Waals surface area contributed by atoms with E-state index in [0.717, 1.165) is 46.9 Å². The van der Waals surface area contributed by atoms with Crippen molar-refractivity contribution < 1.29 is 14.8 Å². The van der Waals surface area contributed by atoms with Crippen LogP contribution in [0.2, 0.25) is 5.02 Å². The lowest BCUT2D eigenvalue weighted by Crippen LogP contribution is -3.15. The standard InChI is InChI=1S/C20H21ClI2N4O2/c21-17-4-2-1-3-14(17)12-26-5-7-27(8-6-26)13-19(28)25-24-11-15-9-16(22)10-18(23)20(15)29/h1-4,9-11,29H,5-8,12-13H2,(H,25,28). The summed E-state index contributed by atoms with van der Waals surface area (Å²) in [5.74, 6) is -0.229. The molecule has 6 nitrogen and oxygen atoms in total. The van der Waals surface area contributed by atoms with Crippen LogP contribution in [-0.4, -0.2) is 49.7 Å². The average molecular weight is 639 g/mol. The molecule has 0 spiro atoms. The van der Waals surface area contributed by atoms with Gasteiger partial charge in [0, 0.05) is 31.8 Å². The second-order valence-electron chi connectivity index (χ2n) is 6.89. The lowest BCUT2D eigenvalue weighted by Gasteiger charge is -2.31. The summed E-state index contributed by atoms with van der Waals surface area (Å²) in [5.41, 5.74) is 4.14. The van der Waals surface area contributed by atoms with E-state index in [2.05, 4.69) is 44.1 Å².